The summed E-state index contributed by atoms with van der Waals surface area (Å²) in [4.78, 5) is 43.1. The number of hydrogen-bond donors (Lipinski definition) is 4. The van der Waals surface area contributed by atoms with Crippen LogP contribution in [0, 0.1) is 0 Å². The van der Waals surface area contributed by atoms with E-state index in [1.165, 1.54) is 6.92 Å². The quantitative estimate of drug-likeness (QED) is 0.496. The third kappa shape index (κ3) is 12.3. The first-order valence-electron chi connectivity index (χ1n) is 6.31. The number of amides is 2. The van der Waals surface area contributed by atoms with Crippen LogP contribution < -0.4 is 10.6 Å². The van der Waals surface area contributed by atoms with Gasteiger partial charge in [-0.3, -0.25) is 19.2 Å². The Labute approximate surface area is 117 Å². The minimum absolute atomic E-state index is 0.0478. The fourth-order valence-electron chi connectivity index (χ4n) is 1.20. The van der Waals surface area contributed by atoms with Crippen molar-refractivity contribution in [1.29, 1.82) is 0 Å². The number of carboxylic acids is 2. The fraction of sp³-hybridized carbons (Fsp3) is 0.667. The van der Waals surface area contributed by atoms with Gasteiger partial charge in [-0.1, -0.05) is 13.8 Å². The van der Waals surface area contributed by atoms with Gasteiger partial charge >= 0.3 is 11.9 Å². The molecule has 0 aliphatic carbocycles. The molecule has 0 aliphatic heterocycles. The normalized spacial score (nSPS) is 10.6. The van der Waals surface area contributed by atoms with E-state index < -0.39 is 29.8 Å². The summed E-state index contributed by atoms with van der Waals surface area (Å²) in [6.07, 6.45) is -0.553. The second-order valence-corrected chi connectivity index (χ2v) is 3.62. The molecule has 0 aliphatic rings. The number of rotatable bonds is 8. The van der Waals surface area contributed by atoms with Gasteiger partial charge in [0.1, 0.15) is 6.04 Å². The Morgan fingerprint density at radius 2 is 1.50 bits per heavy atom. The molecule has 8 nitrogen and oxygen atoms in total. The first-order valence-corrected chi connectivity index (χ1v) is 6.31. The molecule has 20 heavy (non-hydrogen) atoms. The van der Waals surface area contributed by atoms with Crippen LogP contribution in [-0.2, 0) is 19.2 Å². The molecule has 0 heterocycles. The summed E-state index contributed by atoms with van der Waals surface area (Å²) in [6.45, 7) is 5.13. The van der Waals surface area contributed by atoms with E-state index in [4.69, 9.17) is 10.2 Å². The van der Waals surface area contributed by atoms with Gasteiger partial charge in [-0.15, -0.1) is 0 Å². The maximum absolute atomic E-state index is 11.6. The lowest BCUT2D eigenvalue weighted by molar-refractivity contribution is -0.138. The second-order valence-electron chi connectivity index (χ2n) is 3.62. The van der Waals surface area contributed by atoms with Gasteiger partial charge in [-0.05, 0) is 6.42 Å². The van der Waals surface area contributed by atoms with E-state index in [1.54, 1.807) is 0 Å². The van der Waals surface area contributed by atoms with Crippen molar-refractivity contribution in [1.82, 2.24) is 10.6 Å². The zero-order chi connectivity index (χ0) is 16.1. The Hall–Kier alpha value is -2.12. The molecule has 0 radical (unpaired) electrons. The van der Waals surface area contributed by atoms with Crippen LogP contribution in [0.3, 0.4) is 0 Å². The Bertz CT molecular complexity index is 343. The summed E-state index contributed by atoms with van der Waals surface area (Å²) >= 11 is 0. The van der Waals surface area contributed by atoms with Crippen LogP contribution in [0.4, 0.5) is 0 Å². The van der Waals surface area contributed by atoms with Crippen LogP contribution in [0.15, 0.2) is 0 Å². The zero-order valence-electron chi connectivity index (χ0n) is 11.9. The average Bonchev–Trinajstić information content (AvgIpc) is 2.35. The van der Waals surface area contributed by atoms with Crippen molar-refractivity contribution in [2.75, 3.05) is 6.54 Å². The second kappa shape index (κ2) is 11.9. The topological polar surface area (TPSA) is 133 Å². The third-order valence-corrected chi connectivity index (χ3v) is 1.98. The molecule has 1 unspecified atom stereocenters. The molecule has 0 aromatic rings. The predicted octanol–water partition coefficient (Wildman–Crippen LogP) is -0.0270. The third-order valence-electron chi connectivity index (χ3n) is 1.98. The molecule has 8 heteroatoms. The van der Waals surface area contributed by atoms with E-state index in [-0.39, 0.29) is 25.8 Å². The predicted molar refractivity (Wildman–Crippen MR) is 71.1 cm³/mol. The van der Waals surface area contributed by atoms with Crippen molar-refractivity contribution in [3.05, 3.63) is 0 Å². The minimum atomic E-state index is -1.08. The van der Waals surface area contributed by atoms with Gasteiger partial charge in [0.05, 0.1) is 6.42 Å². The minimum Gasteiger partial charge on any atom is -0.481 e. The number of carbonyl (C=O) groups is 4. The maximum Gasteiger partial charge on any atom is 0.305 e. The molecular weight excluding hydrogens is 268 g/mol. The number of aliphatic carboxylic acids is 2. The molecule has 0 saturated heterocycles. The summed E-state index contributed by atoms with van der Waals surface area (Å²) in [5.41, 5.74) is 0. The fourth-order valence-corrected chi connectivity index (χ4v) is 1.20. The van der Waals surface area contributed by atoms with Crippen LogP contribution in [-0.4, -0.2) is 46.6 Å². The lowest BCUT2D eigenvalue weighted by Crippen LogP contribution is -2.46. The highest BCUT2D eigenvalue weighted by Gasteiger charge is 2.20. The first kappa shape index (κ1) is 20.2. The molecule has 0 saturated carbocycles. The smallest absolute Gasteiger partial charge is 0.305 e. The van der Waals surface area contributed by atoms with E-state index in [0.29, 0.717) is 0 Å². The maximum atomic E-state index is 11.6. The molecule has 2 amide bonds. The Kier molecular flexibility index (Phi) is 12.1. The van der Waals surface area contributed by atoms with Crippen LogP contribution in [0.2, 0.25) is 0 Å². The molecule has 0 aromatic heterocycles. The molecule has 4 N–H and O–H groups in total. The lowest BCUT2D eigenvalue weighted by Gasteiger charge is -2.16. The van der Waals surface area contributed by atoms with Gasteiger partial charge in [0.25, 0.3) is 0 Å². The van der Waals surface area contributed by atoms with Crippen molar-refractivity contribution in [2.45, 2.75) is 46.1 Å². The number of hydrogen-bond acceptors (Lipinski definition) is 4. The van der Waals surface area contributed by atoms with Crippen molar-refractivity contribution in [2.24, 2.45) is 0 Å². The molecular formula is C12H22N2O6. The summed E-state index contributed by atoms with van der Waals surface area (Å²) in [7, 11) is 0. The van der Waals surface area contributed by atoms with Gasteiger partial charge in [0.2, 0.25) is 11.8 Å². The van der Waals surface area contributed by atoms with Crippen molar-refractivity contribution in [3.63, 3.8) is 0 Å². The molecule has 0 spiro atoms. The highest BCUT2D eigenvalue weighted by molar-refractivity contribution is 5.87. The van der Waals surface area contributed by atoms with E-state index in [2.05, 4.69) is 10.6 Å². The van der Waals surface area contributed by atoms with Gasteiger partial charge in [-0.2, -0.15) is 0 Å². The lowest BCUT2D eigenvalue weighted by atomic mass is 10.1. The Morgan fingerprint density at radius 1 is 1.00 bits per heavy atom. The Morgan fingerprint density at radius 3 is 1.90 bits per heavy atom. The standard InChI is InChI=1S/C10H16N2O6.C2H6/c1-6(13)12-7(2-3-8(14)15)10(18)11-5-4-9(16)17;1-2/h7H,2-5H2,1H3,(H,11,18)(H,12,13)(H,14,15)(H,16,17);1-2H3. The highest BCUT2D eigenvalue weighted by Crippen LogP contribution is 1.98. The highest BCUT2D eigenvalue weighted by atomic mass is 16.4. The van der Waals surface area contributed by atoms with Crippen LogP contribution in [0.25, 0.3) is 0 Å². The zero-order valence-corrected chi connectivity index (χ0v) is 11.9. The van der Waals surface area contributed by atoms with Gasteiger partial charge in [0.15, 0.2) is 0 Å². The molecule has 1 atom stereocenters. The summed E-state index contributed by atoms with van der Waals surface area (Å²) in [6, 6.07) is -0.965. The summed E-state index contributed by atoms with van der Waals surface area (Å²) in [5, 5.41) is 21.5. The summed E-state index contributed by atoms with van der Waals surface area (Å²) < 4.78 is 0. The average molecular weight is 290 g/mol. The van der Waals surface area contributed by atoms with E-state index >= 15 is 0 Å². The van der Waals surface area contributed by atoms with Crippen LogP contribution in [0.1, 0.15) is 40.0 Å². The molecule has 0 aromatic carbocycles. The number of carboxylic acid groups (broad SMARTS) is 2. The monoisotopic (exact) mass is 290 g/mol. The van der Waals surface area contributed by atoms with Crippen LogP contribution in [0.5, 0.6) is 0 Å². The van der Waals surface area contributed by atoms with Gasteiger partial charge in [0, 0.05) is 19.9 Å². The molecule has 116 valence electrons. The Balaban J connectivity index is 0. The summed E-state index contributed by atoms with van der Waals surface area (Å²) in [5.74, 6) is -3.19. The van der Waals surface area contributed by atoms with E-state index in [9.17, 15) is 19.2 Å². The SMILES string of the molecule is CC.CC(=O)NC(CCC(=O)O)C(=O)NCCC(=O)O. The molecule has 0 bridgehead atoms. The van der Waals surface area contributed by atoms with E-state index in [0.717, 1.165) is 0 Å². The largest absolute Gasteiger partial charge is 0.481 e. The van der Waals surface area contributed by atoms with Gasteiger partial charge < -0.3 is 20.8 Å². The van der Waals surface area contributed by atoms with Crippen molar-refractivity contribution in [3.8, 4) is 0 Å². The first-order chi connectivity index (χ1) is 9.32. The van der Waals surface area contributed by atoms with Gasteiger partial charge in [-0.25, -0.2) is 0 Å². The van der Waals surface area contributed by atoms with E-state index in [1.807, 2.05) is 13.8 Å². The molecule has 0 rings (SSSR count). The van der Waals surface area contributed by atoms with Crippen molar-refractivity contribution < 1.29 is 29.4 Å². The van der Waals surface area contributed by atoms with Crippen LogP contribution >= 0.6 is 0 Å². The van der Waals surface area contributed by atoms with Crippen molar-refractivity contribution >= 4 is 23.8 Å². The number of carbonyl (C=O) groups excluding carboxylic acids is 2. The molecule has 0 fully saturated rings. The number of nitrogens with one attached hydrogen (secondary N) is 2.